The second-order valence-corrected chi connectivity index (χ2v) is 5.12. The summed E-state index contributed by atoms with van der Waals surface area (Å²) in [6.45, 7) is 1.80. The van der Waals surface area contributed by atoms with E-state index in [1.807, 2.05) is 12.1 Å². The van der Waals surface area contributed by atoms with Crippen LogP contribution < -0.4 is 15.2 Å². The van der Waals surface area contributed by atoms with Gasteiger partial charge in [-0.05, 0) is 37.5 Å². The summed E-state index contributed by atoms with van der Waals surface area (Å²) in [6, 6.07) is 3.56. The quantitative estimate of drug-likeness (QED) is 0.843. The normalized spacial score (nSPS) is 14.1. The summed E-state index contributed by atoms with van der Waals surface area (Å²) in [5.41, 5.74) is 6.70. The minimum absolute atomic E-state index is 0.219. The van der Waals surface area contributed by atoms with Crippen LogP contribution in [-0.2, 0) is 6.42 Å². The van der Waals surface area contributed by atoms with Crippen molar-refractivity contribution < 1.29 is 14.6 Å². The molecule has 4 nitrogen and oxygen atoms in total. The lowest BCUT2D eigenvalue weighted by atomic mass is 10.0. The molecule has 0 fully saturated rings. The molecule has 102 valence electrons. The van der Waals surface area contributed by atoms with Crippen molar-refractivity contribution in [3.05, 3.63) is 22.2 Å². The van der Waals surface area contributed by atoms with Crippen LogP contribution in [-0.4, -0.2) is 31.5 Å². The Morgan fingerprint density at radius 2 is 1.83 bits per heavy atom. The monoisotopic (exact) mass is 317 g/mol. The average Bonchev–Trinajstić information content (AvgIpc) is 2.36. The van der Waals surface area contributed by atoms with Crippen LogP contribution in [0, 0.1) is 0 Å². The fourth-order valence-corrected chi connectivity index (χ4v) is 2.17. The second kappa shape index (κ2) is 6.97. The second-order valence-electron chi connectivity index (χ2n) is 4.26. The van der Waals surface area contributed by atoms with Gasteiger partial charge in [-0.2, -0.15) is 0 Å². The molecule has 1 aromatic rings. The van der Waals surface area contributed by atoms with Crippen molar-refractivity contribution in [1.29, 1.82) is 0 Å². The van der Waals surface area contributed by atoms with Crippen LogP contribution in [0.15, 0.2) is 16.6 Å². The van der Waals surface area contributed by atoms with Crippen molar-refractivity contribution in [3.63, 3.8) is 0 Å². The molecule has 0 heterocycles. The van der Waals surface area contributed by atoms with Gasteiger partial charge in [0.05, 0.1) is 20.3 Å². The van der Waals surface area contributed by atoms with Gasteiger partial charge >= 0.3 is 0 Å². The highest BCUT2D eigenvalue weighted by molar-refractivity contribution is 9.10. The molecule has 18 heavy (non-hydrogen) atoms. The minimum atomic E-state index is -0.495. The van der Waals surface area contributed by atoms with Crippen LogP contribution in [0.25, 0.3) is 0 Å². The molecule has 0 aromatic heterocycles. The van der Waals surface area contributed by atoms with E-state index in [1.165, 1.54) is 0 Å². The summed E-state index contributed by atoms with van der Waals surface area (Å²) < 4.78 is 11.4. The Morgan fingerprint density at radius 1 is 1.28 bits per heavy atom. The van der Waals surface area contributed by atoms with Gasteiger partial charge in [0.1, 0.15) is 0 Å². The van der Waals surface area contributed by atoms with Crippen LogP contribution in [0.2, 0.25) is 0 Å². The zero-order chi connectivity index (χ0) is 13.7. The first-order valence-electron chi connectivity index (χ1n) is 5.83. The summed E-state index contributed by atoms with van der Waals surface area (Å²) in [4.78, 5) is 0. The number of aliphatic hydroxyl groups excluding tert-OH is 1. The fourth-order valence-electron chi connectivity index (χ4n) is 1.65. The number of ether oxygens (including phenoxy) is 2. The van der Waals surface area contributed by atoms with E-state index in [-0.39, 0.29) is 6.04 Å². The van der Waals surface area contributed by atoms with Gasteiger partial charge in [0, 0.05) is 10.5 Å². The highest BCUT2D eigenvalue weighted by atomic mass is 79.9. The third-order valence-corrected chi connectivity index (χ3v) is 3.61. The smallest absolute Gasteiger partial charge is 0.161 e. The number of halogens is 1. The van der Waals surface area contributed by atoms with Crippen LogP contribution in [0.3, 0.4) is 0 Å². The van der Waals surface area contributed by atoms with E-state index in [2.05, 4.69) is 15.9 Å². The summed E-state index contributed by atoms with van der Waals surface area (Å²) >= 11 is 3.49. The third kappa shape index (κ3) is 3.86. The van der Waals surface area contributed by atoms with Crippen LogP contribution in [0.4, 0.5) is 0 Å². The minimum Gasteiger partial charge on any atom is -0.493 e. The molecule has 1 rings (SSSR count). The Morgan fingerprint density at radius 3 is 2.33 bits per heavy atom. The standard InChI is InChI=1S/C13H20BrNO3/c1-8(15)11(16)5-4-9-6-12(17-2)13(18-3)7-10(9)14/h6-8,11,16H,4-5,15H2,1-3H3. The largest absolute Gasteiger partial charge is 0.493 e. The predicted octanol–water partition coefficient (Wildman–Crippen LogP) is 2.11. The fraction of sp³-hybridized carbons (Fsp3) is 0.538. The van der Waals surface area contributed by atoms with Crippen molar-refractivity contribution in [2.75, 3.05) is 14.2 Å². The summed E-state index contributed by atoms with van der Waals surface area (Å²) in [7, 11) is 3.20. The molecule has 3 N–H and O–H groups in total. The Bertz CT molecular complexity index is 396. The van der Waals surface area contributed by atoms with Gasteiger partial charge in [-0.25, -0.2) is 0 Å². The number of aryl methyl sites for hydroxylation is 1. The molecule has 2 atom stereocenters. The Balaban J connectivity index is 2.83. The Kier molecular flexibility index (Phi) is 5.91. The molecule has 0 aliphatic carbocycles. The predicted molar refractivity (Wildman–Crippen MR) is 75.2 cm³/mol. The maximum absolute atomic E-state index is 9.71. The molecule has 0 aliphatic rings. The molecule has 0 spiro atoms. The number of methoxy groups -OCH3 is 2. The maximum Gasteiger partial charge on any atom is 0.161 e. The van der Waals surface area contributed by atoms with E-state index in [4.69, 9.17) is 15.2 Å². The molecular formula is C13H20BrNO3. The first-order valence-corrected chi connectivity index (χ1v) is 6.63. The number of aliphatic hydroxyl groups is 1. The van der Waals surface area contributed by atoms with Gasteiger partial charge in [-0.3, -0.25) is 0 Å². The maximum atomic E-state index is 9.71. The third-order valence-electron chi connectivity index (χ3n) is 2.87. The van der Waals surface area contributed by atoms with E-state index in [0.717, 1.165) is 16.5 Å². The summed E-state index contributed by atoms with van der Waals surface area (Å²) in [6.07, 6.45) is 0.847. The lowest BCUT2D eigenvalue weighted by Gasteiger charge is -2.16. The van der Waals surface area contributed by atoms with Gasteiger partial charge in [0.15, 0.2) is 11.5 Å². The highest BCUT2D eigenvalue weighted by Gasteiger charge is 2.13. The highest BCUT2D eigenvalue weighted by Crippen LogP contribution is 2.33. The Labute approximate surface area is 116 Å². The van der Waals surface area contributed by atoms with Crippen molar-refractivity contribution in [2.45, 2.75) is 31.9 Å². The van der Waals surface area contributed by atoms with E-state index < -0.39 is 6.10 Å². The molecular weight excluding hydrogens is 298 g/mol. The number of hydrogen-bond acceptors (Lipinski definition) is 4. The summed E-state index contributed by atoms with van der Waals surface area (Å²) in [5, 5.41) is 9.71. The van der Waals surface area contributed by atoms with Crippen LogP contribution >= 0.6 is 15.9 Å². The van der Waals surface area contributed by atoms with Gasteiger partial charge in [0.25, 0.3) is 0 Å². The van der Waals surface area contributed by atoms with Crippen molar-refractivity contribution in [2.24, 2.45) is 5.73 Å². The van der Waals surface area contributed by atoms with Crippen LogP contribution in [0.1, 0.15) is 18.9 Å². The molecule has 0 saturated carbocycles. The lowest BCUT2D eigenvalue weighted by Crippen LogP contribution is -2.31. The molecule has 0 radical (unpaired) electrons. The van der Waals surface area contributed by atoms with Crippen LogP contribution in [0.5, 0.6) is 11.5 Å². The molecule has 0 amide bonds. The lowest BCUT2D eigenvalue weighted by molar-refractivity contribution is 0.141. The molecule has 0 saturated heterocycles. The zero-order valence-electron chi connectivity index (χ0n) is 10.9. The summed E-state index contributed by atoms with van der Waals surface area (Å²) in [5.74, 6) is 1.37. The number of nitrogens with two attached hydrogens (primary N) is 1. The first kappa shape index (κ1) is 15.3. The number of benzene rings is 1. The molecule has 2 unspecified atom stereocenters. The molecule has 0 bridgehead atoms. The van der Waals surface area contributed by atoms with E-state index >= 15 is 0 Å². The van der Waals surface area contributed by atoms with Gasteiger partial charge in [0.2, 0.25) is 0 Å². The topological polar surface area (TPSA) is 64.7 Å². The van der Waals surface area contributed by atoms with Crippen molar-refractivity contribution >= 4 is 15.9 Å². The number of hydrogen-bond donors (Lipinski definition) is 2. The average molecular weight is 318 g/mol. The molecule has 5 heteroatoms. The number of rotatable bonds is 6. The SMILES string of the molecule is COc1cc(Br)c(CCC(O)C(C)N)cc1OC. The molecule has 1 aromatic carbocycles. The van der Waals surface area contributed by atoms with Gasteiger partial charge < -0.3 is 20.3 Å². The van der Waals surface area contributed by atoms with E-state index in [1.54, 1.807) is 21.1 Å². The van der Waals surface area contributed by atoms with Crippen molar-refractivity contribution in [3.8, 4) is 11.5 Å². The van der Waals surface area contributed by atoms with E-state index in [0.29, 0.717) is 17.9 Å². The van der Waals surface area contributed by atoms with Gasteiger partial charge in [-0.1, -0.05) is 15.9 Å². The van der Waals surface area contributed by atoms with Gasteiger partial charge in [-0.15, -0.1) is 0 Å². The molecule has 0 aliphatic heterocycles. The van der Waals surface area contributed by atoms with Crippen molar-refractivity contribution in [1.82, 2.24) is 0 Å². The first-order chi connectivity index (χ1) is 8.49. The zero-order valence-corrected chi connectivity index (χ0v) is 12.5. The Hall–Kier alpha value is -0.780. The van der Waals surface area contributed by atoms with E-state index in [9.17, 15) is 5.11 Å².